The van der Waals surface area contributed by atoms with E-state index in [0.29, 0.717) is 13.0 Å². The topological polar surface area (TPSA) is 26.3 Å². The smallest absolute Gasteiger partial charge is 0.128 e. The van der Waals surface area contributed by atoms with Crippen LogP contribution in [0.15, 0.2) is 42.5 Å². The molecule has 0 aliphatic rings. The van der Waals surface area contributed by atoms with Gasteiger partial charge in [-0.1, -0.05) is 24.3 Å². The molecular formula is C15H12O2S. The Bertz CT molecular complexity index is 700. The van der Waals surface area contributed by atoms with Crippen molar-refractivity contribution < 1.29 is 9.53 Å². The molecule has 3 aromatic rings. The lowest BCUT2D eigenvalue weighted by atomic mass is 10.1. The summed E-state index contributed by atoms with van der Waals surface area (Å²) in [5.74, 6) is 0.867. The third kappa shape index (κ3) is 1.87. The molecule has 0 saturated heterocycles. The van der Waals surface area contributed by atoms with Crippen molar-refractivity contribution in [3.8, 4) is 5.75 Å². The molecule has 0 spiro atoms. The fourth-order valence-electron chi connectivity index (χ4n) is 2.08. The molecule has 3 rings (SSSR count). The lowest BCUT2D eigenvalue weighted by Gasteiger charge is -2.05. The number of ether oxygens (including phenoxy) is 1. The van der Waals surface area contributed by atoms with Crippen LogP contribution in [0.25, 0.3) is 20.2 Å². The zero-order valence-corrected chi connectivity index (χ0v) is 10.6. The minimum Gasteiger partial charge on any atom is -0.492 e. The first-order chi connectivity index (χ1) is 8.90. The summed E-state index contributed by atoms with van der Waals surface area (Å²) in [5.41, 5.74) is 0. The van der Waals surface area contributed by atoms with E-state index in [0.717, 1.165) is 17.4 Å². The van der Waals surface area contributed by atoms with E-state index < -0.39 is 0 Å². The molecule has 0 aliphatic heterocycles. The predicted octanol–water partition coefficient (Wildman–Crippen LogP) is 4.02. The van der Waals surface area contributed by atoms with Gasteiger partial charge in [0.15, 0.2) is 0 Å². The number of carbonyl (C=O) groups excluding carboxylic acids is 1. The SMILES string of the molecule is O=CCCOc1cccc2sc3ccccc3c12. The number of aldehydes is 1. The minimum absolute atomic E-state index is 0.429. The van der Waals surface area contributed by atoms with Crippen LogP contribution in [-0.4, -0.2) is 12.9 Å². The average molecular weight is 256 g/mol. The van der Waals surface area contributed by atoms with Gasteiger partial charge in [0.1, 0.15) is 12.0 Å². The van der Waals surface area contributed by atoms with E-state index in [2.05, 4.69) is 18.2 Å². The highest BCUT2D eigenvalue weighted by Gasteiger charge is 2.09. The van der Waals surface area contributed by atoms with Crippen molar-refractivity contribution in [3.63, 3.8) is 0 Å². The Labute approximate surface area is 109 Å². The zero-order valence-electron chi connectivity index (χ0n) is 9.76. The summed E-state index contributed by atoms with van der Waals surface area (Å²) >= 11 is 1.77. The number of rotatable bonds is 4. The van der Waals surface area contributed by atoms with Crippen LogP contribution in [0.1, 0.15) is 6.42 Å². The lowest BCUT2D eigenvalue weighted by Crippen LogP contribution is -1.97. The van der Waals surface area contributed by atoms with Crippen LogP contribution >= 0.6 is 11.3 Å². The van der Waals surface area contributed by atoms with Crippen LogP contribution in [0.3, 0.4) is 0 Å². The van der Waals surface area contributed by atoms with Gasteiger partial charge in [-0.05, 0) is 18.2 Å². The number of hydrogen-bond acceptors (Lipinski definition) is 3. The summed E-state index contributed by atoms with van der Waals surface area (Å²) in [6.07, 6.45) is 1.31. The van der Waals surface area contributed by atoms with Crippen molar-refractivity contribution >= 4 is 37.8 Å². The maximum absolute atomic E-state index is 10.3. The van der Waals surface area contributed by atoms with Crippen LogP contribution in [0.2, 0.25) is 0 Å². The molecule has 0 radical (unpaired) electrons. The van der Waals surface area contributed by atoms with Crippen molar-refractivity contribution in [1.29, 1.82) is 0 Å². The molecule has 0 fully saturated rings. The van der Waals surface area contributed by atoms with Gasteiger partial charge >= 0.3 is 0 Å². The van der Waals surface area contributed by atoms with E-state index >= 15 is 0 Å². The van der Waals surface area contributed by atoms with E-state index in [9.17, 15) is 4.79 Å². The standard InChI is InChI=1S/C15H12O2S/c16-9-4-10-17-12-6-3-8-14-15(12)11-5-1-2-7-13(11)18-14/h1-3,5-9H,4,10H2. The van der Waals surface area contributed by atoms with E-state index in [1.54, 1.807) is 11.3 Å². The average Bonchev–Trinajstić information content (AvgIpc) is 2.78. The third-order valence-corrected chi connectivity index (χ3v) is 3.99. The Balaban J connectivity index is 2.15. The molecule has 1 aromatic heterocycles. The Hall–Kier alpha value is -1.87. The maximum atomic E-state index is 10.3. The molecule has 2 aromatic carbocycles. The van der Waals surface area contributed by atoms with Crippen molar-refractivity contribution in [2.24, 2.45) is 0 Å². The van der Waals surface area contributed by atoms with Crippen molar-refractivity contribution in [2.45, 2.75) is 6.42 Å². The van der Waals surface area contributed by atoms with Crippen LogP contribution in [0.5, 0.6) is 5.75 Å². The third-order valence-electron chi connectivity index (χ3n) is 2.86. The van der Waals surface area contributed by atoms with Crippen molar-refractivity contribution in [3.05, 3.63) is 42.5 Å². The monoisotopic (exact) mass is 256 g/mol. The number of hydrogen-bond donors (Lipinski definition) is 0. The fourth-order valence-corrected chi connectivity index (χ4v) is 3.20. The molecule has 0 bridgehead atoms. The molecule has 0 unspecified atom stereocenters. The second kappa shape index (κ2) is 4.78. The summed E-state index contributed by atoms with van der Waals surface area (Å²) in [7, 11) is 0. The molecule has 2 nitrogen and oxygen atoms in total. The van der Waals surface area contributed by atoms with Gasteiger partial charge < -0.3 is 9.53 Å². The van der Waals surface area contributed by atoms with Gasteiger partial charge in [-0.2, -0.15) is 0 Å². The highest BCUT2D eigenvalue weighted by atomic mass is 32.1. The second-order valence-corrected chi connectivity index (χ2v) is 5.12. The summed E-state index contributed by atoms with van der Waals surface area (Å²) < 4.78 is 8.19. The van der Waals surface area contributed by atoms with Gasteiger partial charge in [-0.3, -0.25) is 0 Å². The summed E-state index contributed by atoms with van der Waals surface area (Å²) in [4.78, 5) is 10.3. The zero-order chi connectivity index (χ0) is 12.4. The van der Waals surface area contributed by atoms with E-state index in [1.807, 2.05) is 24.3 Å². The van der Waals surface area contributed by atoms with Crippen LogP contribution in [0.4, 0.5) is 0 Å². The highest BCUT2D eigenvalue weighted by molar-refractivity contribution is 7.25. The van der Waals surface area contributed by atoms with Gasteiger partial charge in [0.25, 0.3) is 0 Å². The summed E-state index contributed by atoms with van der Waals surface area (Å²) in [5, 5.41) is 2.38. The largest absolute Gasteiger partial charge is 0.492 e. The summed E-state index contributed by atoms with van der Waals surface area (Å²) in [6.45, 7) is 0.437. The van der Waals surface area contributed by atoms with Gasteiger partial charge in [-0.15, -0.1) is 11.3 Å². The second-order valence-electron chi connectivity index (χ2n) is 4.03. The van der Waals surface area contributed by atoms with Gasteiger partial charge in [-0.25, -0.2) is 0 Å². The number of benzene rings is 2. The Morgan fingerprint density at radius 3 is 2.78 bits per heavy atom. The quantitative estimate of drug-likeness (QED) is 0.520. The number of carbonyl (C=O) groups is 1. The van der Waals surface area contributed by atoms with E-state index in [-0.39, 0.29) is 0 Å². The first-order valence-corrected chi connectivity index (χ1v) is 6.68. The molecule has 3 heteroatoms. The first-order valence-electron chi connectivity index (χ1n) is 5.87. The Morgan fingerprint density at radius 2 is 1.89 bits per heavy atom. The Morgan fingerprint density at radius 1 is 1.06 bits per heavy atom. The molecular weight excluding hydrogens is 244 g/mol. The molecule has 0 saturated carbocycles. The molecule has 0 aliphatic carbocycles. The predicted molar refractivity (Wildman–Crippen MR) is 75.5 cm³/mol. The van der Waals surface area contributed by atoms with E-state index in [1.165, 1.54) is 14.8 Å². The van der Waals surface area contributed by atoms with E-state index in [4.69, 9.17) is 4.74 Å². The van der Waals surface area contributed by atoms with Crippen molar-refractivity contribution in [2.75, 3.05) is 6.61 Å². The highest BCUT2D eigenvalue weighted by Crippen LogP contribution is 2.39. The normalized spacial score (nSPS) is 10.9. The van der Waals surface area contributed by atoms with Gasteiger partial charge in [0.05, 0.1) is 6.61 Å². The van der Waals surface area contributed by atoms with Crippen LogP contribution in [0, 0.1) is 0 Å². The first kappa shape index (κ1) is 11.2. The van der Waals surface area contributed by atoms with Crippen molar-refractivity contribution in [1.82, 2.24) is 0 Å². The summed E-state index contributed by atoms with van der Waals surface area (Å²) in [6, 6.07) is 14.4. The molecule has 1 heterocycles. The molecule has 0 amide bonds. The van der Waals surface area contributed by atoms with Gasteiger partial charge in [0, 0.05) is 26.6 Å². The maximum Gasteiger partial charge on any atom is 0.128 e. The van der Waals surface area contributed by atoms with Crippen LogP contribution in [-0.2, 0) is 4.79 Å². The number of thiophene rings is 1. The molecule has 0 N–H and O–H groups in total. The minimum atomic E-state index is 0.429. The fraction of sp³-hybridized carbons (Fsp3) is 0.133. The Kier molecular flexibility index (Phi) is 2.99. The lowest BCUT2D eigenvalue weighted by molar-refractivity contribution is -0.108. The molecule has 18 heavy (non-hydrogen) atoms. The molecule has 90 valence electrons. The van der Waals surface area contributed by atoms with Gasteiger partial charge in [0.2, 0.25) is 0 Å². The number of fused-ring (bicyclic) bond motifs is 3. The van der Waals surface area contributed by atoms with Crippen LogP contribution < -0.4 is 4.74 Å². The molecule has 0 atom stereocenters.